The third-order valence-corrected chi connectivity index (χ3v) is 1.31. The van der Waals surface area contributed by atoms with Gasteiger partial charge in [0, 0.05) is 12.3 Å². The smallest absolute Gasteiger partial charge is 0.312 e. The predicted molar refractivity (Wildman–Crippen MR) is 40.2 cm³/mol. The average molecular weight is 146 g/mol. The molecule has 0 aliphatic carbocycles. The molecule has 0 atom stereocenters. The molecule has 0 aromatic heterocycles. The van der Waals surface area contributed by atoms with Gasteiger partial charge < -0.3 is 11.1 Å². The van der Waals surface area contributed by atoms with Crippen LogP contribution in [0.15, 0.2) is 12.0 Å². The number of hydrogen-bond donors (Lipinski definition) is 2. The number of carbonyl (C=O) groups is 1. The molecule has 4 heteroatoms. The lowest BCUT2D eigenvalue weighted by atomic mass is 10.7. The summed E-state index contributed by atoms with van der Waals surface area (Å²) in [5.41, 5.74) is 4.79. The Morgan fingerprint density at radius 2 is 2.56 bits per heavy atom. The van der Waals surface area contributed by atoms with Gasteiger partial charge in [-0.25, -0.2) is 4.79 Å². The lowest BCUT2D eigenvalue weighted by Crippen LogP contribution is -2.30. The molecule has 9 heavy (non-hydrogen) atoms. The first-order chi connectivity index (χ1) is 4.27. The molecule has 0 spiro atoms. The highest BCUT2D eigenvalue weighted by Gasteiger charge is 1.87. The molecule has 0 fully saturated rings. The third-order valence-electron chi connectivity index (χ3n) is 0.637. The molecule has 0 rings (SSSR count). The van der Waals surface area contributed by atoms with E-state index >= 15 is 0 Å². The van der Waals surface area contributed by atoms with Crippen LogP contribution in [0.5, 0.6) is 0 Å². The minimum absolute atomic E-state index is 0.473. The van der Waals surface area contributed by atoms with Crippen molar-refractivity contribution in [2.24, 2.45) is 5.73 Å². The maximum absolute atomic E-state index is 10.0. The molecule has 3 N–H and O–H groups in total. The summed E-state index contributed by atoms with van der Waals surface area (Å²) in [6.45, 7) is 4.10. The molecule has 0 aromatic rings. The van der Waals surface area contributed by atoms with Gasteiger partial charge in [0.15, 0.2) is 0 Å². The maximum atomic E-state index is 10.0. The fourth-order valence-electron chi connectivity index (χ4n) is 0.316. The Labute approximate surface area is 58.7 Å². The highest BCUT2D eigenvalue weighted by molar-refractivity contribution is 8.02. The van der Waals surface area contributed by atoms with Crippen molar-refractivity contribution in [3.63, 3.8) is 0 Å². The molecule has 0 bridgehead atoms. The molecule has 0 saturated carbocycles. The van der Waals surface area contributed by atoms with Crippen molar-refractivity contribution in [2.45, 2.75) is 0 Å². The lowest BCUT2D eigenvalue weighted by molar-refractivity contribution is 0.249. The number of urea groups is 1. The maximum Gasteiger partial charge on any atom is 0.312 e. The predicted octanol–water partition coefficient (Wildman–Crippen LogP) is 0.531. The minimum Gasteiger partial charge on any atom is -0.352 e. The Morgan fingerprint density at radius 3 is 3.00 bits per heavy atom. The summed E-state index contributed by atoms with van der Waals surface area (Å²) < 4.78 is 0. The van der Waals surface area contributed by atoms with Gasteiger partial charge in [-0.1, -0.05) is 6.58 Å². The van der Waals surface area contributed by atoms with Gasteiger partial charge >= 0.3 is 6.03 Å². The highest BCUT2D eigenvalue weighted by Crippen LogP contribution is 1.95. The minimum atomic E-state index is -0.473. The van der Waals surface area contributed by atoms with Crippen molar-refractivity contribution in [2.75, 3.05) is 12.3 Å². The normalized spacial score (nSPS) is 8.44. The summed E-state index contributed by atoms with van der Waals surface area (Å²) >= 11 is 1.54. The fourth-order valence-corrected chi connectivity index (χ4v) is 0.703. The average Bonchev–Trinajstić information content (AvgIpc) is 1.80. The zero-order valence-corrected chi connectivity index (χ0v) is 5.91. The number of primary amides is 1. The zero-order chi connectivity index (χ0) is 7.11. The van der Waals surface area contributed by atoms with Gasteiger partial charge in [0.25, 0.3) is 0 Å². The molecule has 0 radical (unpaired) electrons. The molecular weight excluding hydrogens is 136 g/mol. The number of nitrogens with one attached hydrogen (secondary N) is 1. The van der Waals surface area contributed by atoms with Crippen molar-refractivity contribution in [3.8, 4) is 0 Å². The van der Waals surface area contributed by atoms with Crippen molar-refractivity contribution in [1.82, 2.24) is 5.32 Å². The number of amides is 2. The second-order valence-electron chi connectivity index (χ2n) is 1.33. The summed E-state index contributed by atoms with van der Waals surface area (Å²) in [5.74, 6) is 0.826. The van der Waals surface area contributed by atoms with E-state index in [1.54, 1.807) is 17.2 Å². The van der Waals surface area contributed by atoms with Crippen LogP contribution in [0.25, 0.3) is 0 Å². The first kappa shape index (κ1) is 8.36. The molecule has 0 aliphatic heterocycles. The van der Waals surface area contributed by atoms with Gasteiger partial charge in [0.1, 0.15) is 0 Å². The number of nitrogens with two attached hydrogens (primary N) is 1. The number of carbonyl (C=O) groups excluding carboxylic acids is 1. The molecule has 3 nitrogen and oxygen atoms in total. The Hall–Kier alpha value is -0.640. The van der Waals surface area contributed by atoms with Gasteiger partial charge in [0.05, 0.1) is 0 Å². The van der Waals surface area contributed by atoms with Crippen LogP contribution in [-0.2, 0) is 0 Å². The standard InChI is InChI=1S/C5H10N2OS/c1-2-9-4-3-7-5(6)8/h2H,1,3-4H2,(H3,6,7,8). The second kappa shape index (κ2) is 5.50. The van der Waals surface area contributed by atoms with Crippen molar-refractivity contribution < 1.29 is 4.79 Å². The van der Waals surface area contributed by atoms with Gasteiger partial charge in [-0.05, 0) is 5.41 Å². The summed E-state index contributed by atoms with van der Waals surface area (Å²) in [6.07, 6.45) is 0. The Morgan fingerprint density at radius 1 is 1.89 bits per heavy atom. The van der Waals surface area contributed by atoms with Crippen LogP contribution >= 0.6 is 11.8 Å². The van der Waals surface area contributed by atoms with E-state index in [0.29, 0.717) is 6.54 Å². The summed E-state index contributed by atoms with van der Waals surface area (Å²) in [4.78, 5) is 10.0. The second-order valence-corrected chi connectivity index (χ2v) is 2.40. The van der Waals surface area contributed by atoms with Crippen LogP contribution in [0.4, 0.5) is 4.79 Å². The number of thioether (sulfide) groups is 1. The van der Waals surface area contributed by atoms with E-state index < -0.39 is 6.03 Å². The lowest BCUT2D eigenvalue weighted by Gasteiger charge is -1.96. The quantitative estimate of drug-likeness (QED) is 0.568. The number of rotatable bonds is 4. The van der Waals surface area contributed by atoms with Crippen LogP contribution in [0.3, 0.4) is 0 Å². The van der Waals surface area contributed by atoms with Crippen LogP contribution in [-0.4, -0.2) is 18.3 Å². The van der Waals surface area contributed by atoms with E-state index in [9.17, 15) is 4.79 Å². The van der Waals surface area contributed by atoms with Gasteiger partial charge in [-0.2, -0.15) is 0 Å². The Kier molecular flexibility index (Phi) is 5.11. The molecule has 0 aromatic carbocycles. The zero-order valence-electron chi connectivity index (χ0n) is 5.09. The van der Waals surface area contributed by atoms with Crippen molar-refractivity contribution in [1.29, 1.82) is 0 Å². The van der Waals surface area contributed by atoms with Gasteiger partial charge in [-0.3, -0.25) is 0 Å². The molecule has 52 valence electrons. The first-order valence-corrected chi connectivity index (χ1v) is 3.58. The van der Waals surface area contributed by atoms with Crippen LogP contribution in [0.2, 0.25) is 0 Å². The molecule has 0 aliphatic rings. The van der Waals surface area contributed by atoms with Crippen LogP contribution in [0, 0.1) is 0 Å². The summed E-state index contributed by atoms with van der Waals surface area (Å²) in [5, 5.41) is 4.18. The van der Waals surface area contributed by atoms with Crippen molar-refractivity contribution >= 4 is 17.8 Å². The van der Waals surface area contributed by atoms with Crippen molar-refractivity contribution in [3.05, 3.63) is 12.0 Å². The third kappa shape index (κ3) is 7.36. The van der Waals surface area contributed by atoms with E-state index in [0.717, 1.165) is 5.75 Å². The van der Waals surface area contributed by atoms with Gasteiger partial charge in [0.2, 0.25) is 0 Å². The van der Waals surface area contributed by atoms with E-state index in [2.05, 4.69) is 11.9 Å². The topological polar surface area (TPSA) is 55.1 Å². The van der Waals surface area contributed by atoms with E-state index in [-0.39, 0.29) is 0 Å². The molecule has 0 heterocycles. The summed E-state index contributed by atoms with van der Waals surface area (Å²) in [7, 11) is 0. The number of hydrogen-bond acceptors (Lipinski definition) is 2. The van der Waals surface area contributed by atoms with E-state index in [1.165, 1.54) is 0 Å². The molecule has 2 amide bonds. The molecular formula is C5H10N2OS. The molecule has 0 saturated heterocycles. The van der Waals surface area contributed by atoms with Gasteiger partial charge in [-0.15, -0.1) is 11.8 Å². The summed E-state index contributed by atoms with van der Waals surface area (Å²) in [6, 6.07) is -0.473. The highest BCUT2D eigenvalue weighted by atomic mass is 32.2. The van der Waals surface area contributed by atoms with E-state index in [4.69, 9.17) is 5.73 Å². The Bertz CT molecular complexity index is 105. The molecule has 0 unspecified atom stereocenters. The van der Waals surface area contributed by atoms with Crippen LogP contribution in [0.1, 0.15) is 0 Å². The largest absolute Gasteiger partial charge is 0.352 e. The van der Waals surface area contributed by atoms with E-state index in [1.807, 2.05) is 0 Å². The van der Waals surface area contributed by atoms with Crippen LogP contribution < -0.4 is 11.1 Å². The fraction of sp³-hybridized carbons (Fsp3) is 0.400. The Balaban J connectivity index is 2.91. The SMILES string of the molecule is C=CSCCNC(N)=O. The first-order valence-electron chi connectivity index (χ1n) is 2.53. The monoisotopic (exact) mass is 146 g/mol.